The molecule has 2 atom stereocenters. The Kier molecular flexibility index (Phi) is 2.93. The van der Waals surface area contributed by atoms with Gasteiger partial charge in [-0.2, -0.15) is 5.10 Å². The molecule has 3 rings (SSSR count). The SMILES string of the molecule is Cc1nn(C)c(NC2CC2c2ccccc2)c1[N+](=O)[O-]. The van der Waals surface area contributed by atoms with E-state index in [0.29, 0.717) is 17.4 Å². The van der Waals surface area contributed by atoms with E-state index in [1.807, 2.05) is 18.2 Å². The molecule has 2 aromatic rings. The van der Waals surface area contributed by atoms with Crippen LogP contribution < -0.4 is 5.32 Å². The normalized spacial score (nSPS) is 20.7. The lowest BCUT2D eigenvalue weighted by atomic mass is 10.1. The zero-order valence-corrected chi connectivity index (χ0v) is 11.4. The van der Waals surface area contributed by atoms with Crippen LogP contribution in [0.15, 0.2) is 30.3 Å². The summed E-state index contributed by atoms with van der Waals surface area (Å²) in [5.74, 6) is 0.918. The van der Waals surface area contributed by atoms with Gasteiger partial charge in [0, 0.05) is 19.0 Å². The van der Waals surface area contributed by atoms with Crippen molar-refractivity contribution < 1.29 is 4.92 Å². The molecule has 1 aliphatic rings. The highest BCUT2D eigenvalue weighted by atomic mass is 16.6. The standard InChI is InChI=1S/C14H16N4O2/c1-9-13(18(19)20)14(17(2)16-9)15-12-8-11(12)10-6-4-3-5-7-10/h3-7,11-12,15H,8H2,1-2H3. The summed E-state index contributed by atoms with van der Waals surface area (Å²) < 4.78 is 1.55. The van der Waals surface area contributed by atoms with Gasteiger partial charge in [-0.05, 0) is 18.9 Å². The minimum Gasteiger partial charge on any atom is -0.361 e. The van der Waals surface area contributed by atoms with Gasteiger partial charge in [-0.25, -0.2) is 4.68 Å². The first kappa shape index (κ1) is 12.7. The molecule has 0 radical (unpaired) electrons. The maximum Gasteiger partial charge on any atom is 0.333 e. The number of rotatable bonds is 4. The van der Waals surface area contributed by atoms with Crippen molar-refractivity contribution in [3.8, 4) is 0 Å². The lowest BCUT2D eigenvalue weighted by molar-refractivity contribution is -0.384. The third kappa shape index (κ3) is 2.13. The Morgan fingerprint density at radius 3 is 2.75 bits per heavy atom. The van der Waals surface area contributed by atoms with Gasteiger partial charge in [0.1, 0.15) is 5.69 Å². The number of aryl methyl sites for hydroxylation is 2. The first-order chi connectivity index (χ1) is 9.58. The summed E-state index contributed by atoms with van der Waals surface area (Å²) in [6.45, 7) is 1.66. The van der Waals surface area contributed by atoms with E-state index in [9.17, 15) is 10.1 Å². The molecular weight excluding hydrogens is 256 g/mol. The Hall–Kier alpha value is -2.37. The fourth-order valence-corrected chi connectivity index (χ4v) is 2.63. The Balaban J connectivity index is 1.79. The first-order valence-electron chi connectivity index (χ1n) is 6.57. The lowest BCUT2D eigenvalue weighted by Gasteiger charge is -2.05. The maximum atomic E-state index is 11.1. The Morgan fingerprint density at radius 1 is 1.40 bits per heavy atom. The third-order valence-electron chi connectivity index (χ3n) is 3.71. The maximum absolute atomic E-state index is 11.1. The quantitative estimate of drug-likeness (QED) is 0.686. The summed E-state index contributed by atoms with van der Waals surface area (Å²) in [4.78, 5) is 10.8. The average molecular weight is 272 g/mol. The molecule has 1 aliphatic carbocycles. The summed E-state index contributed by atoms with van der Waals surface area (Å²) >= 11 is 0. The zero-order chi connectivity index (χ0) is 14.3. The van der Waals surface area contributed by atoms with Gasteiger partial charge in [-0.3, -0.25) is 10.1 Å². The van der Waals surface area contributed by atoms with Crippen LogP contribution in [0.2, 0.25) is 0 Å². The third-order valence-corrected chi connectivity index (χ3v) is 3.71. The number of nitrogens with zero attached hydrogens (tertiary/aromatic N) is 3. The second kappa shape index (κ2) is 4.63. The predicted molar refractivity (Wildman–Crippen MR) is 75.8 cm³/mol. The molecule has 20 heavy (non-hydrogen) atoms. The molecular formula is C14H16N4O2. The molecule has 6 nitrogen and oxygen atoms in total. The van der Waals surface area contributed by atoms with Crippen molar-refractivity contribution in [2.75, 3.05) is 5.32 Å². The van der Waals surface area contributed by atoms with Gasteiger partial charge in [-0.15, -0.1) is 0 Å². The van der Waals surface area contributed by atoms with E-state index in [1.165, 1.54) is 5.56 Å². The molecule has 6 heteroatoms. The van der Waals surface area contributed by atoms with Crippen LogP contribution in [0.1, 0.15) is 23.6 Å². The van der Waals surface area contributed by atoms with Crippen LogP contribution in [0.5, 0.6) is 0 Å². The molecule has 0 spiro atoms. The van der Waals surface area contributed by atoms with Crippen molar-refractivity contribution in [1.29, 1.82) is 0 Å². The van der Waals surface area contributed by atoms with Gasteiger partial charge in [-0.1, -0.05) is 30.3 Å². The van der Waals surface area contributed by atoms with E-state index in [-0.39, 0.29) is 16.7 Å². The van der Waals surface area contributed by atoms with Gasteiger partial charge < -0.3 is 5.32 Å². The van der Waals surface area contributed by atoms with Crippen molar-refractivity contribution in [2.45, 2.75) is 25.3 Å². The van der Waals surface area contributed by atoms with Crippen LogP contribution in [0, 0.1) is 17.0 Å². The second-order valence-electron chi connectivity index (χ2n) is 5.17. The summed E-state index contributed by atoms with van der Waals surface area (Å²) in [6, 6.07) is 10.4. The van der Waals surface area contributed by atoms with Crippen LogP contribution in [0.4, 0.5) is 11.5 Å². The smallest absolute Gasteiger partial charge is 0.333 e. The van der Waals surface area contributed by atoms with Crippen molar-refractivity contribution in [3.63, 3.8) is 0 Å². The van der Waals surface area contributed by atoms with E-state index >= 15 is 0 Å². The van der Waals surface area contributed by atoms with Gasteiger partial charge in [0.2, 0.25) is 5.82 Å². The number of anilines is 1. The van der Waals surface area contributed by atoms with Crippen molar-refractivity contribution in [3.05, 3.63) is 51.7 Å². The molecule has 104 valence electrons. The molecule has 1 N–H and O–H groups in total. The average Bonchev–Trinajstić information content (AvgIpc) is 3.11. The van der Waals surface area contributed by atoms with Gasteiger partial charge >= 0.3 is 5.69 Å². The summed E-state index contributed by atoms with van der Waals surface area (Å²) in [5.41, 5.74) is 1.79. The molecule has 0 aliphatic heterocycles. The summed E-state index contributed by atoms with van der Waals surface area (Å²) in [5, 5.41) is 18.5. The predicted octanol–water partition coefficient (Wildman–Crippen LogP) is 2.60. The monoisotopic (exact) mass is 272 g/mol. The molecule has 1 saturated carbocycles. The highest BCUT2D eigenvalue weighted by Gasteiger charge is 2.40. The number of benzene rings is 1. The Morgan fingerprint density at radius 2 is 2.10 bits per heavy atom. The van der Waals surface area contributed by atoms with E-state index in [4.69, 9.17) is 0 Å². The molecule has 2 unspecified atom stereocenters. The Labute approximate surface area is 116 Å². The van der Waals surface area contributed by atoms with Crippen LogP contribution in [-0.2, 0) is 7.05 Å². The van der Waals surface area contributed by atoms with E-state index in [2.05, 4.69) is 22.5 Å². The van der Waals surface area contributed by atoms with Crippen molar-refractivity contribution in [1.82, 2.24) is 9.78 Å². The molecule has 1 aromatic carbocycles. The minimum atomic E-state index is -0.370. The number of nitrogens with one attached hydrogen (secondary N) is 1. The van der Waals surface area contributed by atoms with Gasteiger partial charge in [0.25, 0.3) is 0 Å². The van der Waals surface area contributed by atoms with Crippen LogP contribution in [0.25, 0.3) is 0 Å². The van der Waals surface area contributed by atoms with Gasteiger partial charge in [0.05, 0.1) is 4.92 Å². The van der Waals surface area contributed by atoms with Crippen LogP contribution >= 0.6 is 0 Å². The molecule has 1 aromatic heterocycles. The number of nitro groups is 1. The topological polar surface area (TPSA) is 73.0 Å². The fourth-order valence-electron chi connectivity index (χ4n) is 2.63. The van der Waals surface area contributed by atoms with E-state index in [0.717, 1.165) is 6.42 Å². The zero-order valence-electron chi connectivity index (χ0n) is 11.4. The molecule has 1 fully saturated rings. The lowest BCUT2D eigenvalue weighted by Crippen LogP contribution is -2.10. The number of hydrogen-bond acceptors (Lipinski definition) is 4. The number of aromatic nitrogens is 2. The van der Waals surface area contributed by atoms with E-state index in [1.54, 1.807) is 18.7 Å². The second-order valence-corrected chi connectivity index (χ2v) is 5.17. The number of hydrogen-bond donors (Lipinski definition) is 1. The highest BCUT2D eigenvalue weighted by molar-refractivity contribution is 5.61. The molecule has 0 amide bonds. The largest absolute Gasteiger partial charge is 0.361 e. The summed E-state index contributed by atoms with van der Waals surface area (Å²) in [6.07, 6.45) is 0.991. The first-order valence-corrected chi connectivity index (χ1v) is 6.57. The van der Waals surface area contributed by atoms with Crippen molar-refractivity contribution >= 4 is 11.5 Å². The van der Waals surface area contributed by atoms with Crippen LogP contribution in [0.3, 0.4) is 0 Å². The van der Waals surface area contributed by atoms with Gasteiger partial charge in [0.15, 0.2) is 0 Å². The highest BCUT2D eigenvalue weighted by Crippen LogP contribution is 2.44. The molecule has 1 heterocycles. The fraction of sp³-hybridized carbons (Fsp3) is 0.357. The van der Waals surface area contributed by atoms with E-state index < -0.39 is 0 Å². The minimum absolute atomic E-state index is 0.0752. The molecule has 0 bridgehead atoms. The molecule has 0 saturated heterocycles. The van der Waals surface area contributed by atoms with Crippen molar-refractivity contribution in [2.24, 2.45) is 7.05 Å². The summed E-state index contributed by atoms with van der Waals surface area (Å²) in [7, 11) is 1.72. The Bertz CT molecular complexity index is 651. The van der Waals surface area contributed by atoms with Crippen LogP contribution in [-0.4, -0.2) is 20.7 Å².